The van der Waals surface area contributed by atoms with E-state index < -0.39 is 6.10 Å². The van der Waals surface area contributed by atoms with Gasteiger partial charge < -0.3 is 9.84 Å². The summed E-state index contributed by atoms with van der Waals surface area (Å²) in [5, 5.41) is 14.6. The molecular weight excluding hydrogens is 302 g/mol. The Morgan fingerprint density at radius 3 is 2.88 bits per heavy atom. The highest BCUT2D eigenvalue weighted by Gasteiger charge is 2.24. The van der Waals surface area contributed by atoms with Gasteiger partial charge in [0.2, 0.25) is 0 Å². The summed E-state index contributed by atoms with van der Waals surface area (Å²) in [5.74, 6) is 0. The molecule has 0 aliphatic carbocycles. The molecule has 3 rings (SSSR count). The Hall–Kier alpha value is -1.69. The maximum atomic E-state index is 10.3. The first-order valence-electron chi connectivity index (χ1n) is 8.82. The van der Waals surface area contributed by atoms with Crippen molar-refractivity contribution >= 4 is 0 Å². The van der Waals surface area contributed by atoms with Crippen molar-refractivity contribution in [2.24, 2.45) is 0 Å². The van der Waals surface area contributed by atoms with Crippen LogP contribution in [-0.2, 0) is 17.9 Å². The average molecular weight is 329 g/mol. The Balaban J connectivity index is 1.44. The molecule has 0 spiro atoms. The molecule has 2 aromatic rings. The molecule has 0 unspecified atom stereocenters. The third-order valence-corrected chi connectivity index (χ3v) is 4.57. The van der Waals surface area contributed by atoms with E-state index in [4.69, 9.17) is 4.74 Å². The number of hydrogen-bond donors (Lipinski definition) is 1. The van der Waals surface area contributed by atoms with E-state index in [1.54, 1.807) is 0 Å². The summed E-state index contributed by atoms with van der Waals surface area (Å²) in [5.41, 5.74) is 1.14. The van der Waals surface area contributed by atoms with Gasteiger partial charge in [0.1, 0.15) is 0 Å². The molecule has 0 amide bonds. The van der Waals surface area contributed by atoms with Crippen LogP contribution >= 0.6 is 0 Å². The summed E-state index contributed by atoms with van der Waals surface area (Å²) in [6.45, 7) is 3.53. The zero-order valence-electron chi connectivity index (χ0n) is 14.1. The molecule has 1 N–H and O–H groups in total. The molecule has 2 heterocycles. The third kappa shape index (κ3) is 5.16. The van der Waals surface area contributed by atoms with Crippen LogP contribution in [0.2, 0.25) is 0 Å². The van der Waals surface area contributed by atoms with Crippen LogP contribution in [0.3, 0.4) is 0 Å². The van der Waals surface area contributed by atoms with Gasteiger partial charge in [-0.15, -0.1) is 0 Å². The van der Waals surface area contributed by atoms with Gasteiger partial charge in [0.25, 0.3) is 0 Å². The van der Waals surface area contributed by atoms with E-state index in [0.717, 1.165) is 25.1 Å². The quantitative estimate of drug-likeness (QED) is 0.807. The molecule has 0 radical (unpaired) electrons. The van der Waals surface area contributed by atoms with Crippen molar-refractivity contribution in [3.63, 3.8) is 0 Å². The van der Waals surface area contributed by atoms with Crippen LogP contribution in [0.5, 0.6) is 0 Å². The van der Waals surface area contributed by atoms with Crippen LogP contribution in [0, 0.1) is 0 Å². The van der Waals surface area contributed by atoms with E-state index >= 15 is 0 Å². The lowest BCUT2D eigenvalue weighted by atomic mass is 10.0. The number of aliphatic hydroxyl groups is 1. The van der Waals surface area contributed by atoms with Crippen molar-refractivity contribution in [2.45, 2.75) is 44.6 Å². The van der Waals surface area contributed by atoms with Crippen molar-refractivity contribution in [1.82, 2.24) is 14.7 Å². The summed E-state index contributed by atoms with van der Waals surface area (Å²) < 4.78 is 7.66. The minimum Gasteiger partial charge on any atom is -0.389 e. The number of aliphatic hydroxyl groups excluding tert-OH is 1. The van der Waals surface area contributed by atoms with E-state index in [1.807, 2.05) is 53.5 Å². The fourth-order valence-electron chi connectivity index (χ4n) is 3.34. The first-order chi connectivity index (χ1) is 11.8. The lowest BCUT2D eigenvalue weighted by Gasteiger charge is -2.36. The van der Waals surface area contributed by atoms with E-state index in [0.29, 0.717) is 25.8 Å². The third-order valence-electron chi connectivity index (χ3n) is 4.57. The highest BCUT2D eigenvalue weighted by Crippen LogP contribution is 2.18. The summed E-state index contributed by atoms with van der Waals surface area (Å²) in [7, 11) is 0. The van der Waals surface area contributed by atoms with Crippen LogP contribution in [0.25, 0.3) is 0 Å². The Labute approximate surface area is 143 Å². The molecule has 1 saturated heterocycles. The van der Waals surface area contributed by atoms with Crippen LogP contribution in [-0.4, -0.2) is 51.6 Å². The van der Waals surface area contributed by atoms with E-state index in [1.165, 1.54) is 12.8 Å². The molecule has 5 nitrogen and oxygen atoms in total. The smallest absolute Gasteiger partial charge is 0.0900 e. The van der Waals surface area contributed by atoms with Crippen LogP contribution < -0.4 is 0 Å². The first-order valence-corrected chi connectivity index (χ1v) is 8.82. The Morgan fingerprint density at radius 2 is 2.08 bits per heavy atom. The molecule has 1 aromatic carbocycles. The molecule has 0 bridgehead atoms. The van der Waals surface area contributed by atoms with Gasteiger partial charge in [0.05, 0.1) is 25.9 Å². The number of likely N-dealkylation sites (tertiary alicyclic amines) is 1. The van der Waals surface area contributed by atoms with Crippen LogP contribution in [0.1, 0.15) is 24.8 Å². The van der Waals surface area contributed by atoms with Gasteiger partial charge >= 0.3 is 0 Å². The number of aromatic nitrogens is 2. The van der Waals surface area contributed by atoms with Crippen molar-refractivity contribution < 1.29 is 9.84 Å². The van der Waals surface area contributed by atoms with Gasteiger partial charge in [-0.3, -0.25) is 9.58 Å². The minimum atomic E-state index is -0.452. The lowest BCUT2D eigenvalue weighted by Crippen LogP contribution is -2.46. The van der Waals surface area contributed by atoms with Crippen molar-refractivity contribution in [2.75, 3.05) is 19.7 Å². The molecule has 1 aromatic heterocycles. The normalized spacial score (nSPS) is 20.1. The fourth-order valence-corrected chi connectivity index (χ4v) is 3.34. The largest absolute Gasteiger partial charge is 0.389 e. The maximum absolute atomic E-state index is 10.3. The Morgan fingerprint density at radius 1 is 1.21 bits per heavy atom. The zero-order valence-corrected chi connectivity index (χ0v) is 14.1. The number of rotatable bonds is 8. The number of nitrogens with zero attached hydrogens (tertiary/aromatic N) is 3. The Bertz CT molecular complexity index is 574. The topological polar surface area (TPSA) is 50.5 Å². The molecule has 1 aliphatic heterocycles. The minimum absolute atomic E-state index is 0.375. The predicted molar refractivity (Wildman–Crippen MR) is 93.5 cm³/mol. The molecule has 0 saturated carbocycles. The average Bonchev–Trinajstić information content (AvgIpc) is 3.11. The van der Waals surface area contributed by atoms with E-state index in [-0.39, 0.29) is 0 Å². The second-order valence-corrected chi connectivity index (χ2v) is 6.53. The molecule has 1 fully saturated rings. The summed E-state index contributed by atoms with van der Waals surface area (Å²) >= 11 is 0. The summed E-state index contributed by atoms with van der Waals surface area (Å²) in [4.78, 5) is 2.39. The molecule has 24 heavy (non-hydrogen) atoms. The number of ether oxygens (including phenoxy) is 1. The molecule has 130 valence electrons. The number of benzene rings is 1. The van der Waals surface area contributed by atoms with E-state index in [9.17, 15) is 5.11 Å². The van der Waals surface area contributed by atoms with Crippen molar-refractivity contribution in [3.8, 4) is 0 Å². The molecular formula is C19H27N3O2. The zero-order chi connectivity index (χ0) is 16.6. The monoisotopic (exact) mass is 329 g/mol. The standard InChI is InChI=1S/C19H27N3O2/c23-19(16-24-15-17-7-2-1-3-8-17)14-21-11-5-4-9-18(21)13-22-12-6-10-20-22/h1-3,6-8,10,12,18-19,23H,4-5,9,11,13-16H2/t18-,19-/m1/s1. The molecule has 5 heteroatoms. The number of piperidine rings is 1. The lowest BCUT2D eigenvalue weighted by molar-refractivity contribution is -0.00570. The van der Waals surface area contributed by atoms with Crippen LogP contribution in [0.15, 0.2) is 48.8 Å². The summed E-state index contributed by atoms with van der Waals surface area (Å²) in [6.07, 6.45) is 6.99. The Kier molecular flexibility index (Phi) is 6.41. The number of β-amino-alcohol motifs (C(OH)–C–C–N with tert-alkyl or cyclic N) is 1. The second-order valence-electron chi connectivity index (χ2n) is 6.53. The van der Waals surface area contributed by atoms with E-state index in [2.05, 4.69) is 10.00 Å². The SMILES string of the molecule is O[C@@H](COCc1ccccc1)CN1CCCC[C@@H]1Cn1cccn1. The summed E-state index contributed by atoms with van der Waals surface area (Å²) in [6, 6.07) is 12.5. The predicted octanol–water partition coefficient (Wildman–Crippen LogP) is 2.32. The number of hydrogen-bond acceptors (Lipinski definition) is 4. The van der Waals surface area contributed by atoms with Gasteiger partial charge in [-0.25, -0.2) is 0 Å². The van der Waals surface area contributed by atoms with Crippen molar-refractivity contribution in [1.29, 1.82) is 0 Å². The fraction of sp³-hybridized carbons (Fsp3) is 0.526. The second kappa shape index (κ2) is 8.97. The molecule has 1 aliphatic rings. The maximum Gasteiger partial charge on any atom is 0.0900 e. The van der Waals surface area contributed by atoms with Crippen molar-refractivity contribution in [3.05, 3.63) is 54.4 Å². The van der Waals surface area contributed by atoms with Gasteiger partial charge in [-0.2, -0.15) is 5.10 Å². The molecule has 2 atom stereocenters. The van der Waals surface area contributed by atoms with Gasteiger partial charge in [-0.1, -0.05) is 36.8 Å². The van der Waals surface area contributed by atoms with Gasteiger partial charge in [-0.05, 0) is 31.0 Å². The first kappa shape index (κ1) is 17.1. The van der Waals surface area contributed by atoms with Gasteiger partial charge in [0, 0.05) is 25.0 Å². The highest BCUT2D eigenvalue weighted by molar-refractivity contribution is 5.13. The van der Waals surface area contributed by atoms with Crippen LogP contribution in [0.4, 0.5) is 0 Å². The van der Waals surface area contributed by atoms with Gasteiger partial charge in [0.15, 0.2) is 0 Å². The highest BCUT2D eigenvalue weighted by atomic mass is 16.5.